The van der Waals surface area contributed by atoms with Crippen molar-refractivity contribution in [2.75, 3.05) is 6.54 Å². The van der Waals surface area contributed by atoms with E-state index in [-0.39, 0.29) is 17.9 Å². The highest BCUT2D eigenvalue weighted by atomic mass is 16.1. The molecular weight excluding hydrogens is 200 g/mol. The van der Waals surface area contributed by atoms with E-state index >= 15 is 0 Å². The van der Waals surface area contributed by atoms with Crippen LogP contribution >= 0.6 is 0 Å². The maximum absolute atomic E-state index is 11.8. The zero-order valence-corrected chi connectivity index (χ0v) is 11.3. The Balaban J connectivity index is 3.92. The van der Waals surface area contributed by atoms with Gasteiger partial charge in [-0.25, -0.2) is 0 Å². The van der Waals surface area contributed by atoms with E-state index in [1.807, 2.05) is 0 Å². The molecule has 3 nitrogen and oxygen atoms in total. The number of hydrogen-bond acceptors (Lipinski definition) is 2. The van der Waals surface area contributed by atoms with E-state index < -0.39 is 0 Å². The van der Waals surface area contributed by atoms with Crippen molar-refractivity contribution in [3.05, 3.63) is 0 Å². The van der Waals surface area contributed by atoms with Gasteiger partial charge in [0.15, 0.2) is 0 Å². The van der Waals surface area contributed by atoms with Crippen LogP contribution in [0.3, 0.4) is 0 Å². The second kappa shape index (κ2) is 8.57. The standard InChI is InChI=1S/C13H28N2O/c1-5-7-8-11(6-2)13(16)15-9-12(14)10(3)4/h10-12H,5-9,14H2,1-4H3,(H,15,16). The van der Waals surface area contributed by atoms with Crippen molar-refractivity contribution in [1.29, 1.82) is 0 Å². The Morgan fingerprint density at radius 2 is 1.94 bits per heavy atom. The van der Waals surface area contributed by atoms with Crippen LogP contribution in [0.5, 0.6) is 0 Å². The highest BCUT2D eigenvalue weighted by Gasteiger charge is 2.16. The van der Waals surface area contributed by atoms with Crippen LogP contribution in [0.15, 0.2) is 0 Å². The number of hydrogen-bond donors (Lipinski definition) is 2. The Morgan fingerprint density at radius 3 is 2.38 bits per heavy atom. The zero-order valence-electron chi connectivity index (χ0n) is 11.3. The van der Waals surface area contributed by atoms with Crippen LogP contribution in [0.2, 0.25) is 0 Å². The SMILES string of the molecule is CCCCC(CC)C(=O)NCC(N)C(C)C. The van der Waals surface area contributed by atoms with Crippen molar-refractivity contribution in [3.63, 3.8) is 0 Å². The van der Waals surface area contributed by atoms with E-state index in [1.54, 1.807) is 0 Å². The van der Waals surface area contributed by atoms with Gasteiger partial charge in [-0.05, 0) is 18.8 Å². The average molecular weight is 228 g/mol. The summed E-state index contributed by atoms with van der Waals surface area (Å²) in [6.45, 7) is 8.97. The predicted molar refractivity (Wildman–Crippen MR) is 69.1 cm³/mol. The second-order valence-corrected chi connectivity index (χ2v) is 4.90. The van der Waals surface area contributed by atoms with E-state index in [4.69, 9.17) is 5.73 Å². The minimum absolute atomic E-state index is 0.0626. The molecule has 0 aliphatic carbocycles. The third-order valence-electron chi connectivity index (χ3n) is 3.14. The molecule has 0 aliphatic heterocycles. The third kappa shape index (κ3) is 6.11. The van der Waals surface area contributed by atoms with E-state index in [0.717, 1.165) is 25.7 Å². The molecule has 96 valence electrons. The smallest absolute Gasteiger partial charge is 0.223 e. The lowest BCUT2D eigenvalue weighted by molar-refractivity contribution is -0.125. The maximum Gasteiger partial charge on any atom is 0.223 e. The molecular formula is C13H28N2O. The van der Waals surface area contributed by atoms with Gasteiger partial charge in [0.2, 0.25) is 5.91 Å². The van der Waals surface area contributed by atoms with Crippen molar-refractivity contribution in [2.45, 2.75) is 59.4 Å². The van der Waals surface area contributed by atoms with Crippen molar-refractivity contribution in [2.24, 2.45) is 17.6 Å². The van der Waals surface area contributed by atoms with Crippen LogP contribution in [0.4, 0.5) is 0 Å². The fraction of sp³-hybridized carbons (Fsp3) is 0.923. The summed E-state index contributed by atoms with van der Waals surface area (Å²) >= 11 is 0. The highest BCUT2D eigenvalue weighted by molar-refractivity contribution is 5.78. The van der Waals surface area contributed by atoms with E-state index in [1.165, 1.54) is 0 Å². The molecule has 0 aromatic rings. The highest BCUT2D eigenvalue weighted by Crippen LogP contribution is 2.12. The van der Waals surface area contributed by atoms with Crippen LogP contribution in [-0.4, -0.2) is 18.5 Å². The Bertz CT molecular complexity index is 192. The van der Waals surface area contributed by atoms with Gasteiger partial charge in [0.1, 0.15) is 0 Å². The number of nitrogens with one attached hydrogen (secondary N) is 1. The fourth-order valence-electron chi connectivity index (χ4n) is 1.57. The van der Waals surface area contributed by atoms with E-state index in [2.05, 4.69) is 33.0 Å². The topological polar surface area (TPSA) is 55.1 Å². The zero-order chi connectivity index (χ0) is 12.6. The van der Waals surface area contributed by atoms with Crippen LogP contribution in [0.1, 0.15) is 53.4 Å². The van der Waals surface area contributed by atoms with Crippen LogP contribution in [-0.2, 0) is 4.79 Å². The molecule has 0 saturated carbocycles. The Morgan fingerprint density at radius 1 is 1.31 bits per heavy atom. The molecule has 2 unspecified atom stereocenters. The fourth-order valence-corrected chi connectivity index (χ4v) is 1.57. The van der Waals surface area contributed by atoms with Crippen molar-refractivity contribution >= 4 is 5.91 Å². The van der Waals surface area contributed by atoms with E-state index in [9.17, 15) is 4.79 Å². The Hall–Kier alpha value is -0.570. The third-order valence-corrected chi connectivity index (χ3v) is 3.14. The molecule has 3 heteroatoms. The minimum atomic E-state index is 0.0626. The lowest BCUT2D eigenvalue weighted by Gasteiger charge is -2.19. The molecule has 0 aliphatic rings. The van der Waals surface area contributed by atoms with Crippen molar-refractivity contribution in [1.82, 2.24) is 5.32 Å². The molecule has 3 N–H and O–H groups in total. The minimum Gasteiger partial charge on any atom is -0.354 e. The molecule has 0 aromatic carbocycles. The van der Waals surface area contributed by atoms with Crippen LogP contribution < -0.4 is 11.1 Å². The first kappa shape index (κ1) is 15.4. The van der Waals surface area contributed by atoms with Gasteiger partial charge in [-0.15, -0.1) is 0 Å². The summed E-state index contributed by atoms with van der Waals surface area (Å²) in [5.41, 5.74) is 5.89. The molecule has 0 radical (unpaired) electrons. The molecule has 16 heavy (non-hydrogen) atoms. The molecule has 0 spiro atoms. The number of amides is 1. The molecule has 0 bridgehead atoms. The second-order valence-electron chi connectivity index (χ2n) is 4.90. The van der Waals surface area contributed by atoms with Gasteiger partial charge < -0.3 is 11.1 Å². The summed E-state index contributed by atoms with van der Waals surface area (Å²) in [5, 5.41) is 2.96. The maximum atomic E-state index is 11.8. The monoisotopic (exact) mass is 228 g/mol. The summed E-state index contributed by atoms with van der Waals surface area (Å²) in [6, 6.07) is 0.0626. The number of rotatable bonds is 8. The first-order valence-electron chi connectivity index (χ1n) is 6.56. The number of carbonyl (C=O) groups excluding carboxylic acids is 1. The predicted octanol–water partition coefficient (Wildman–Crippen LogP) is 2.30. The van der Waals surface area contributed by atoms with Gasteiger partial charge >= 0.3 is 0 Å². The number of carbonyl (C=O) groups is 1. The van der Waals surface area contributed by atoms with Crippen LogP contribution in [0, 0.1) is 11.8 Å². The first-order chi connectivity index (χ1) is 7.52. The summed E-state index contributed by atoms with van der Waals surface area (Å²) in [6.07, 6.45) is 4.19. The summed E-state index contributed by atoms with van der Waals surface area (Å²) in [4.78, 5) is 11.8. The van der Waals surface area contributed by atoms with Gasteiger partial charge in [0, 0.05) is 18.5 Å². The van der Waals surface area contributed by atoms with Crippen LogP contribution in [0.25, 0.3) is 0 Å². The first-order valence-corrected chi connectivity index (χ1v) is 6.56. The molecule has 0 heterocycles. The normalized spacial score (nSPS) is 14.9. The summed E-state index contributed by atoms with van der Waals surface area (Å²) in [7, 11) is 0. The Kier molecular flexibility index (Phi) is 8.26. The van der Waals surface area contributed by atoms with Gasteiger partial charge in [-0.2, -0.15) is 0 Å². The molecule has 2 atom stereocenters. The number of unbranched alkanes of at least 4 members (excludes halogenated alkanes) is 1. The molecule has 0 rings (SSSR count). The van der Waals surface area contributed by atoms with Gasteiger partial charge in [-0.1, -0.05) is 40.5 Å². The summed E-state index contributed by atoms with van der Waals surface area (Å²) < 4.78 is 0. The van der Waals surface area contributed by atoms with Crippen molar-refractivity contribution in [3.8, 4) is 0 Å². The average Bonchev–Trinajstić information content (AvgIpc) is 2.26. The summed E-state index contributed by atoms with van der Waals surface area (Å²) in [5.74, 6) is 0.752. The Labute approximate surface area is 100 Å². The van der Waals surface area contributed by atoms with Gasteiger partial charge in [0.05, 0.1) is 0 Å². The molecule has 0 saturated heterocycles. The van der Waals surface area contributed by atoms with Gasteiger partial charge in [0.25, 0.3) is 0 Å². The molecule has 0 fully saturated rings. The molecule has 0 aromatic heterocycles. The largest absolute Gasteiger partial charge is 0.354 e. The molecule has 1 amide bonds. The lowest BCUT2D eigenvalue weighted by atomic mass is 9.98. The quantitative estimate of drug-likeness (QED) is 0.670. The van der Waals surface area contributed by atoms with Crippen molar-refractivity contribution < 1.29 is 4.79 Å². The van der Waals surface area contributed by atoms with E-state index in [0.29, 0.717) is 12.5 Å². The lowest BCUT2D eigenvalue weighted by Crippen LogP contribution is -2.42. The number of nitrogens with two attached hydrogens (primary N) is 1. The van der Waals surface area contributed by atoms with Gasteiger partial charge in [-0.3, -0.25) is 4.79 Å².